The number of carbonyl (C=O) groups excluding carboxylic acids is 2. The maximum atomic E-state index is 12.6. The maximum Gasteiger partial charge on any atom is 0.338 e. The summed E-state index contributed by atoms with van der Waals surface area (Å²) in [4.78, 5) is 25.9. The summed E-state index contributed by atoms with van der Waals surface area (Å²) >= 11 is 1.81. The highest BCUT2D eigenvalue weighted by Gasteiger charge is 2.34. The summed E-state index contributed by atoms with van der Waals surface area (Å²) < 4.78 is 5.01. The van der Waals surface area contributed by atoms with Crippen LogP contribution in [0.3, 0.4) is 0 Å². The van der Waals surface area contributed by atoms with Crippen LogP contribution in [0.25, 0.3) is 10.8 Å². The summed E-state index contributed by atoms with van der Waals surface area (Å²) in [5.74, 6) is 1.38. The highest BCUT2D eigenvalue weighted by molar-refractivity contribution is 7.99. The number of ether oxygens (including phenoxy) is 1. The van der Waals surface area contributed by atoms with Gasteiger partial charge in [0.15, 0.2) is 0 Å². The lowest BCUT2D eigenvalue weighted by Gasteiger charge is -2.18. The molecule has 0 aromatic heterocycles. The molecule has 0 saturated heterocycles. The first kappa shape index (κ1) is 23.5. The molecule has 1 saturated carbocycles. The van der Waals surface area contributed by atoms with E-state index in [0.29, 0.717) is 23.7 Å². The van der Waals surface area contributed by atoms with E-state index in [9.17, 15) is 9.59 Å². The lowest BCUT2D eigenvalue weighted by Crippen LogP contribution is -2.17. The average molecular weight is 463 g/mol. The Morgan fingerprint density at radius 3 is 2.76 bits per heavy atom. The molecule has 172 valence electrons. The van der Waals surface area contributed by atoms with Crippen LogP contribution in [0, 0.1) is 11.8 Å². The van der Waals surface area contributed by atoms with Gasteiger partial charge in [-0.2, -0.15) is 0 Å². The first-order chi connectivity index (χ1) is 16.2. The second kappa shape index (κ2) is 11.5. The summed E-state index contributed by atoms with van der Waals surface area (Å²) in [6.45, 7) is -0.164. The van der Waals surface area contributed by atoms with Gasteiger partial charge in [0.1, 0.15) is 12.4 Å². The van der Waals surface area contributed by atoms with Crippen LogP contribution in [-0.4, -0.2) is 35.8 Å². The van der Waals surface area contributed by atoms with Gasteiger partial charge >= 0.3 is 5.97 Å². The van der Waals surface area contributed by atoms with Gasteiger partial charge in [0.2, 0.25) is 0 Å². The van der Waals surface area contributed by atoms with E-state index >= 15 is 0 Å². The topological polar surface area (TPSA) is 63.6 Å². The minimum Gasteiger partial charge on any atom is -0.460 e. The van der Waals surface area contributed by atoms with Gasteiger partial charge in [0, 0.05) is 23.0 Å². The Morgan fingerprint density at radius 1 is 1.06 bits per heavy atom. The molecule has 3 aromatic rings. The van der Waals surface area contributed by atoms with Gasteiger partial charge in [-0.25, -0.2) is 4.79 Å². The number of rotatable bonds is 10. The zero-order valence-electron chi connectivity index (χ0n) is 18.7. The SMILES string of the molecule is O=C(OCCO)c1cccc(CCC[C@H]2CCC(=O)[C@@H]2CSc2cccc3ccccc23)c1. The number of hydrogen-bond donors (Lipinski definition) is 1. The molecule has 1 N–H and O–H groups in total. The monoisotopic (exact) mass is 462 g/mol. The van der Waals surface area contributed by atoms with E-state index in [4.69, 9.17) is 9.84 Å². The van der Waals surface area contributed by atoms with E-state index in [1.165, 1.54) is 15.7 Å². The molecular formula is C28H30O4S. The highest BCUT2D eigenvalue weighted by atomic mass is 32.2. The van der Waals surface area contributed by atoms with Gasteiger partial charge in [-0.1, -0.05) is 48.5 Å². The number of aryl methyl sites for hydroxylation is 1. The number of hydrogen-bond acceptors (Lipinski definition) is 5. The molecule has 33 heavy (non-hydrogen) atoms. The van der Waals surface area contributed by atoms with E-state index in [-0.39, 0.29) is 19.1 Å². The molecular weight excluding hydrogens is 432 g/mol. The number of aliphatic hydroxyl groups excluding tert-OH is 1. The van der Waals surface area contributed by atoms with Crippen molar-refractivity contribution in [3.63, 3.8) is 0 Å². The largest absolute Gasteiger partial charge is 0.460 e. The van der Waals surface area contributed by atoms with Crippen LogP contribution >= 0.6 is 11.8 Å². The summed E-state index contributed by atoms with van der Waals surface area (Å²) in [7, 11) is 0. The van der Waals surface area contributed by atoms with E-state index in [0.717, 1.165) is 37.0 Å². The van der Waals surface area contributed by atoms with E-state index in [1.807, 2.05) is 18.2 Å². The van der Waals surface area contributed by atoms with Crippen LogP contribution in [0.15, 0.2) is 71.6 Å². The third kappa shape index (κ3) is 6.04. The molecule has 1 fully saturated rings. The van der Waals surface area contributed by atoms with E-state index < -0.39 is 5.97 Å². The zero-order chi connectivity index (χ0) is 23.0. The molecule has 0 bridgehead atoms. The van der Waals surface area contributed by atoms with Gasteiger partial charge in [-0.3, -0.25) is 4.79 Å². The number of fused-ring (bicyclic) bond motifs is 1. The van der Waals surface area contributed by atoms with Crippen molar-refractivity contribution in [3.8, 4) is 0 Å². The molecule has 0 unspecified atom stereocenters. The van der Waals surface area contributed by atoms with Crippen molar-refractivity contribution >= 4 is 34.3 Å². The number of benzene rings is 3. The summed E-state index contributed by atoms with van der Waals surface area (Å²) in [6.07, 6.45) is 4.55. The predicted octanol–water partition coefficient (Wildman–Crippen LogP) is 5.70. The third-order valence-corrected chi connectivity index (χ3v) is 7.63. The van der Waals surface area contributed by atoms with Gasteiger partial charge in [-0.15, -0.1) is 11.8 Å². The van der Waals surface area contributed by atoms with Crippen molar-refractivity contribution in [1.29, 1.82) is 0 Å². The van der Waals surface area contributed by atoms with E-state index in [2.05, 4.69) is 42.5 Å². The lowest BCUT2D eigenvalue weighted by molar-refractivity contribution is -0.120. The van der Waals surface area contributed by atoms with Gasteiger partial charge in [-0.05, 0) is 66.1 Å². The van der Waals surface area contributed by atoms with Crippen LogP contribution in [0.4, 0.5) is 0 Å². The predicted molar refractivity (Wildman–Crippen MR) is 133 cm³/mol. The Morgan fingerprint density at radius 2 is 1.88 bits per heavy atom. The van der Waals surface area contributed by atoms with E-state index in [1.54, 1.807) is 17.8 Å². The quantitative estimate of drug-likeness (QED) is 0.309. The average Bonchev–Trinajstić information content (AvgIpc) is 3.20. The lowest BCUT2D eigenvalue weighted by atomic mass is 9.91. The Balaban J connectivity index is 1.32. The van der Waals surface area contributed by atoms with Crippen molar-refractivity contribution < 1.29 is 19.4 Å². The molecule has 1 aliphatic rings. The number of ketones is 1. The molecule has 0 heterocycles. The summed E-state index contributed by atoms with van der Waals surface area (Å²) in [5.41, 5.74) is 1.61. The van der Waals surface area contributed by atoms with Crippen molar-refractivity contribution in [3.05, 3.63) is 77.9 Å². The number of Topliss-reactive ketones (excluding diaryl/α,β-unsaturated/α-hetero) is 1. The normalized spacial score (nSPS) is 18.0. The highest BCUT2D eigenvalue weighted by Crippen LogP contribution is 2.38. The van der Waals surface area contributed by atoms with Crippen LogP contribution in [0.5, 0.6) is 0 Å². The van der Waals surface area contributed by atoms with Crippen molar-refractivity contribution in [1.82, 2.24) is 0 Å². The molecule has 5 heteroatoms. The molecule has 0 amide bonds. The standard InChI is InChI=1S/C28H30O4S/c29-16-17-32-28(31)23-11-4-7-20(18-23)6-3-9-22-14-15-26(30)25(22)19-33-27-13-5-10-21-8-1-2-12-24(21)27/h1-2,4-5,7-8,10-13,18,22,25,29H,3,6,9,14-17,19H2/t22-,25+/m0/s1. The summed E-state index contributed by atoms with van der Waals surface area (Å²) in [6, 6.07) is 22.3. The Bertz CT molecular complexity index is 1100. The molecule has 0 radical (unpaired) electrons. The van der Waals surface area contributed by atoms with Gasteiger partial charge < -0.3 is 9.84 Å². The second-order valence-electron chi connectivity index (χ2n) is 8.61. The van der Waals surface area contributed by atoms with Gasteiger partial charge in [0.05, 0.1) is 12.2 Å². The summed E-state index contributed by atoms with van der Waals surface area (Å²) in [5, 5.41) is 11.3. The fraction of sp³-hybridized carbons (Fsp3) is 0.357. The minimum absolute atomic E-state index is 0.0109. The van der Waals surface area contributed by atoms with Crippen molar-refractivity contribution in [2.75, 3.05) is 19.0 Å². The van der Waals surface area contributed by atoms with Crippen molar-refractivity contribution in [2.45, 2.75) is 37.0 Å². The fourth-order valence-electron chi connectivity index (χ4n) is 4.70. The third-order valence-electron chi connectivity index (χ3n) is 6.44. The van der Waals surface area contributed by atoms with Crippen LogP contribution < -0.4 is 0 Å². The van der Waals surface area contributed by atoms with Gasteiger partial charge in [0.25, 0.3) is 0 Å². The second-order valence-corrected chi connectivity index (χ2v) is 9.67. The number of aliphatic hydroxyl groups is 1. The van der Waals surface area contributed by atoms with Crippen LogP contribution in [0.1, 0.15) is 41.6 Å². The van der Waals surface area contributed by atoms with Crippen molar-refractivity contribution in [2.24, 2.45) is 11.8 Å². The molecule has 4 rings (SSSR count). The zero-order valence-corrected chi connectivity index (χ0v) is 19.6. The maximum absolute atomic E-state index is 12.6. The first-order valence-corrected chi connectivity index (χ1v) is 12.6. The smallest absolute Gasteiger partial charge is 0.338 e. The Labute approximate surface area is 199 Å². The number of thioether (sulfide) groups is 1. The Kier molecular flexibility index (Phi) is 8.19. The molecule has 1 aliphatic carbocycles. The molecule has 0 spiro atoms. The van der Waals surface area contributed by atoms with Crippen LogP contribution in [0.2, 0.25) is 0 Å². The minimum atomic E-state index is -0.405. The Hall–Kier alpha value is -2.63. The fourth-order valence-corrected chi connectivity index (χ4v) is 6.03. The van der Waals surface area contributed by atoms with Crippen LogP contribution in [-0.2, 0) is 16.0 Å². The molecule has 4 nitrogen and oxygen atoms in total. The first-order valence-electron chi connectivity index (χ1n) is 11.7. The molecule has 2 atom stereocenters. The number of esters is 1. The molecule has 3 aromatic carbocycles. The molecule has 0 aliphatic heterocycles. The number of carbonyl (C=O) groups is 2.